The molecule has 2 aliphatic rings. The summed E-state index contributed by atoms with van der Waals surface area (Å²) in [5, 5.41) is 13.3. The van der Waals surface area contributed by atoms with Crippen molar-refractivity contribution in [3.8, 4) is 5.75 Å². The number of hydroxylamine groups is 1. The maximum atomic E-state index is 13.8. The van der Waals surface area contributed by atoms with E-state index in [0.29, 0.717) is 27.5 Å². The summed E-state index contributed by atoms with van der Waals surface area (Å²) in [4.78, 5) is 57.8. The van der Waals surface area contributed by atoms with Gasteiger partial charge in [0.05, 0.1) is 27.9 Å². The van der Waals surface area contributed by atoms with Gasteiger partial charge in [0.15, 0.2) is 6.10 Å². The molecule has 0 unspecified atom stereocenters. The first-order valence-corrected chi connectivity index (χ1v) is 12.9. The number of hydrogen-bond donors (Lipinski definition) is 0. The highest BCUT2D eigenvalue weighted by Crippen LogP contribution is 2.48. The van der Waals surface area contributed by atoms with Crippen molar-refractivity contribution in [3.05, 3.63) is 129 Å². The highest BCUT2D eigenvalue weighted by Gasteiger charge is 2.60. The van der Waals surface area contributed by atoms with Crippen LogP contribution < -0.4 is 14.7 Å². The molecule has 10 nitrogen and oxygen atoms in total. The molecule has 4 aromatic rings. The third kappa shape index (κ3) is 4.79. The predicted molar refractivity (Wildman–Crippen MR) is 148 cm³/mol. The summed E-state index contributed by atoms with van der Waals surface area (Å²) in [7, 11) is 0. The molecule has 2 saturated heterocycles. The predicted octanol–water partition coefficient (Wildman–Crippen LogP) is 5.52. The Bertz CT molecular complexity index is 1660. The second-order valence-corrected chi connectivity index (χ2v) is 9.85. The third-order valence-electron chi connectivity index (χ3n) is 6.94. The molecule has 2 amide bonds. The van der Waals surface area contributed by atoms with Crippen LogP contribution in [0.15, 0.2) is 103 Å². The van der Waals surface area contributed by atoms with Crippen molar-refractivity contribution in [3.63, 3.8) is 0 Å². The van der Waals surface area contributed by atoms with Crippen LogP contribution in [0.1, 0.15) is 22.0 Å². The number of carbonyl (C=O) groups excluding carboxylic acids is 3. The van der Waals surface area contributed by atoms with Crippen LogP contribution in [-0.2, 0) is 14.4 Å². The summed E-state index contributed by atoms with van der Waals surface area (Å²) in [6.45, 7) is 0. The Balaban J connectivity index is 1.35. The van der Waals surface area contributed by atoms with Crippen molar-refractivity contribution < 1.29 is 28.9 Å². The number of carbonyl (C=O) groups is 3. The highest BCUT2D eigenvalue weighted by atomic mass is 35.5. The molecule has 0 spiro atoms. The van der Waals surface area contributed by atoms with Gasteiger partial charge in [-0.15, -0.1) is 0 Å². The fourth-order valence-corrected chi connectivity index (χ4v) is 5.16. The lowest BCUT2D eigenvalue weighted by atomic mass is 9.90. The van der Waals surface area contributed by atoms with Crippen LogP contribution in [0.3, 0.4) is 0 Å². The molecule has 2 aliphatic heterocycles. The molecule has 2 heterocycles. The van der Waals surface area contributed by atoms with Gasteiger partial charge in [-0.2, -0.15) is 0 Å². The van der Waals surface area contributed by atoms with Crippen molar-refractivity contribution in [1.82, 2.24) is 0 Å². The zero-order valence-corrected chi connectivity index (χ0v) is 21.9. The van der Waals surface area contributed by atoms with Gasteiger partial charge in [-0.05, 0) is 60.2 Å². The molecule has 0 N–H and O–H groups in total. The van der Waals surface area contributed by atoms with Crippen LogP contribution in [0.2, 0.25) is 5.02 Å². The highest BCUT2D eigenvalue weighted by molar-refractivity contribution is 6.31. The Morgan fingerprint density at radius 1 is 0.854 bits per heavy atom. The van der Waals surface area contributed by atoms with Gasteiger partial charge in [0.2, 0.25) is 5.91 Å². The van der Waals surface area contributed by atoms with E-state index in [-0.39, 0.29) is 11.4 Å². The minimum absolute atomic E-state index is 0.175. The van der Waals surface area contributed by atoms with Gasteiger partial charge in [-0.1, -0.05) is 48.0 Å². The van der Waals surface area contributed by atoms with Crippen LogP contribution in [0, 0.1) is 16.0 Å². The second-order valence-electron chi connectivity index (χ2n) is 9.41. The number of nitro benzene ring substituents is 1. The maximum Gasteiger partial charge on any atom is 0.343 e. The van der Waals surface area contributed by atoms with Gasteiger partial charge in [-0.3, -0.25) is 24.5 Å². The molecule has 2 fully saturated rings. The Labute approximate surface area is 238 Å². The van der Waals surface area contributed by atoms with Gasteiger partial charge >= 0.3 is 5.97 Å². The molecular formula is C30H20ClN3O7. The molecule has 11 heteroatoms. The van der Waals surface area contributed by atoms with Crippen molar-refractivity contribution in [1.29, 1.82) is 0 Å². The summed E-state index contributed by atoms with van der Waals surface area (Å²) in [5.74, 6) is -2.27. The quantitative estimate of drug-likeness (QED) is 0.0979. The third-order valence-corrected chi connectivity index (χ3v) is 7.19. The molecule has 0 radical (unpaired) electrons. The number of benzene rings is 4. The first-order valence-electron chi connectivity index (χ1n) is 12.5. The SMILES string of the molecule is O=C(Oc1ccc([C@@H]2[C@@H]3C(=O)N(c4ccc(Cl)cc4)C(=O)[C@H]3ON2c2cccc([N+](=O)[O-])c2)cc1)c1ccccc1. The van der Waals surface area contributed by atoms with E-state index in [4.69, 9.17) is 21.2 Å². The number of nitrogens with zero attached hydrogens (tertiary/aromatic N) is 3. The van der Waals surface area contributed by atoms with Crippen LogP contribution in [0.5, 0.6) is 5.75 Å². The van der Waals surface area contributed by atoms with Crippen molar-refractivity contribution in [2.24, 2.45) is 5.92 Å². The Morgan fingerprint density at radius 3 is 2.24 bits per heavy atom. The number of rotatable bonds is 6. The minimum atomic E-state index is -1.17. The summed E-state index contributed by atoms with van der Waals surface area (Å²) in [5.41, 5.74) is 1.44. The smallest absolute Gasteiger partial charge is 0.343 e. The Kier molecular flexibility index (Phi) is 6.70. The molecule has 0 bridgehead atoms. The number of imide groups is 1. The Hall–Kier alpha value is -5.06. The molecule has 41 heavy (non-hydrogen) atoms. The van der Waals surface area contributed by atoms with Crippen molar-refractivity contribution in [2.45, 2.75) is 12.1 Å². The number of amides is 2. The van der Waals surface area contributed by atoms with E-state index in [0.717, 1.165) is 4.90 Å². The number of fused-ring (bicyclic) bond motifs is 1. The number of ether oxygens (including phenoxy) is 1. The van der Waals surface area contributed by atoms with Gasteiger partial charge in [-0.25, -0.2) is 14.8 Å². The topological polar surface area (TPSA) is 119 Å². The fourth-order valence-electron chi connectivity index (χ4n) is 5.04. The van der Waals surface area contributed by atoms with Crippen LogP contribution in [0.25, 0.3) is 0 Å². The zero-order chi connectivity index (χ0) is 28.7. The van der Waals surface area contributed by atoms with Crippen LogP contribution in [-0.4, -0.2) is 28.8 Å². The zero-order valence-electron chi connectivity index (χ0n) is 21.1. The van der Waals surface area contributed by atoms with Gasteiger partial charge in [0.1, 0.15) is 11.7 Å². The number of non-ortho nitro benzene ring substituents is 1. The van der Waals surface area contributed by atoms with Gasteiger partial charge in [0.25, 0.3) is 11.6 Å². The molecule has 0 aromatic heterocycles. The molecular weight excluding hydrogens is 550 g/mol. The minimum Gasteiger partial charge on any atom is -0.423 e. The number of nitro groups is 1. The number of halogens is 1. The molecule has 0 saturated carbocycles. The fraction of sp³-hybridized carbons (Fsp3) is 0.100. The lowest BCUT2D eigenvalue weighted by Crippen LogP contribution is -2.37. The average molecular weight is 570 g/mol. The molecule has 0 aliphatic carbocycles. The summed E-state index contributed by atoms with van der Waals surface area (Å²) in [6, 6.07) is 26.2. The number of hydrogen-bond acceptors (Lipinski definition) is 8. The van der Waals surface area contributed by atoms with E-state index in [1.54, 1.807) is 84.9 Å². The van der Waals surface area contributed by atoms with Crippen LogP contribution in [0.4, 0.5) is 17.1 Å². The summed E-state index contributed by atoms with van der Waals surface area (Å²) < 4.78 is 5.48. The normalized spacial score (nSPS) is 19.8. The first kappa shape index (κ1) is 26.2. The number of esters is 1. The monoisotopic (exact) mass is 569 g/mol. The van der Waals surface area contributed by atoms with E-state index in [1.807, 2.05) is 0 Å². The van der Waals surface area contributed by atoms with Crippen LogP contribution >= 0.6 is 11.6 Å². The number of anilines is 2. The molecule has 3 atom stereocenters. The van der Waals surface area contributed by atoms with E-state index in [1.165, 1.54) is 23.3 Å². The first-order chi connectivity index (χ1) is 19.8. The van der Waals surface area contributed by atoms with E-state index < -0.39 is 40.8 Å². The lowest BCUT2D eigenvalue weighted by molar-refractivity contribution is -0.384. The Morgan fingerprint density at radius 2 is 1.56 bits per heavy atom. The molecule has 204 valence electrons. The maximum absolute atomic E-state index is 13.8. The lowest BCUT2D eigenvalue weighted by Gasteiger charge is -2.28. The molecule has 6 rings (SSSR count). The van der Waals surface area contributed by atoms with Gasteiger partial charge < -0.3 is 4.74 Å². The summed E-state index contributed by atoms with van der Waals surface area (Å²) in [6.07, 6.45) is -1.17. The van der Waals surface area contributed by atoms with Crippen molar-refractivity contribution >= 4 is 46.4 Å². The van der Waals surface area contributed by atoms with Crippen molar-refractivity contribution in [2.75, 3.05) is 9.96 Å². The van der Waals surface area contributed by atoms with E-state index in [2.05, 4.69) is 0 Å². The second kappa shape index (κ2) is 10.5. The standard InChI is InChI=1S/C30H20ClN3O7/c31-20-11-13-21(14-12-20)32-28(35)25-26(18-9-15-24(16-10-18)40-30(37)19-5-2-1-3-6-19)33(41-27(25)29(32)36)22-7-4-8-23(17-22)34(38)39/h1-17,25-27H/t25-,26+,27-/m0/s1. The largest absolute Gasteiger partial charge is 0.423 e. The molecule has 4 aromatic carbocycles. The van der Waals surface area contributed by atoms with E-state index in [9.17, 15) is 24.5 Å². The van der Waals surface area contributed by atoms with Gasteiger partial charge in [0, 0.05) is 17.2 Å². The summed E-state index contributed by atoms with van der Waals surface area (Å²) >= 11 is 5.99. The average Bonchev–Trinajstić information content (AvgIpc) is 3.50. The van der Waals surface area contributed by atoms with E-state index >= 15 is 0 Å².